The zero-order valence-electron chi connectivity index (χ0n) is 16.3. The number of Topliss-reactive ketones (excluding diaryl/α,β-unsaturated/α-hetero) is 1. The molecule has 0 fully saturated rings. The standard InChI is InChI=1S/C20H19ClN2O6/c1-10-5-6-11(7-12(10)21)22-15(24)9-23-13-8-14(27-2)18(28-3)19(29-4)16(13)17(25)20(23)26/h5-8H,9H2,1-4H3,(H,22,24). The zero-order valence-corrected chi connectivity index (χ0v) is 17.0. The fraction of sp³-hybridized carbons (Fsp3) is 0.250. The quantitative estimate of drug-likeness (QED) is 0.725. The van der Waals surface area contributed by atoms with Crippen LogP contribution in [0.4, 0.5) is 11.4 Å². The molecule has 152 valence electrons. The second-order valence-electron chi connectivity index (χ2n) is 6.27. The SMILES string of the molecule is COc1cc2c(c(OC)c1OC)C(=O)C(=O)N2CC(=O)Nc1ccc(C)c(Cl)c1. The number of rotatable bonds is 6. The van der Waals surface area contributed by atoms with Gasteiger partial charge in [-0.2, -0.15) is 0 Å². The molecule has 0 spiro atoms. The Labute approximate surface area is 172 Å². The van der Waals surface area contributed by atoms with E-state index in [-0.39, 0.29) is 35.0 Å². The highest BCUT2D eigenvalue weighted by molar-refractivity contribution is 6.53. The van der Waals surface area contributed by atoms with Gasteiger partial charge in [0, 0.05) is 16.8 Å². The number of carbonyl (C=O) groups excluding carboxylic acids is 3. The summed E-state index contributed by atoms with van der Waals surface area (Å²) in [6.45, 7) is 1.47. The molecule has 1 aliphatic rings. The summed E-state index contributed by atoms with van der Waals surface area (Å²) in [6, 6.07) is 6.53. The number of nitrogens with one attached hydrogen (secondary N) is 1. The maximum Gasteiger partial charge on any atom is 0.300 e. The average molecular weight is 419 g/mol. The number of amides is 2. The van der Waals surface area contributed by atoms with Gasteiger partial charge < -0.3 is 19.5 Å². The highest BCUT2D eigenvalue weighted by atomic mass is 35.5. The molecule has 2 aromatic rings. The molecule has 1 aliphatic heterocycles. The van der Waals surface area contributed by atoms with Crippen molar-refractivity contribution in [2.45, 2.75) is 6.92 Å². The normalized spacial score (nSPS) is 12.7. The number of ether oxygens (including phenoxy) is 3. The summed E-state index contributed by atoms with van der Waals surface area (Å²) < 4.78 is 15.8. The molecule has 0 aromatic heterocycles. The number of aryl methyl sites for hydroxylation is 1. The Morgan fingerprint density at radius 3 is 2.34 bits per heavy atom. The van der Waals surface area contributed by atoms with Crippen LogP contribution in [0.15, 0.2) is 24.3 Å². The highest BCUT2D eigenvalue weighted by Gasteiger charge is 2.42. The molecular weight excluding hydrogens is 400 g/mol. The topological polar surface area (TPSA) is 94.2 Å². The van der Waals surface area contributed by atoms with Crippen LogP contribution in [0, 0.1) is 6.92 Å². The first-order valence-electron chi connectivity index (χ1n) is 8.57. The van der Waals surface area contributed by atoms with E-state index in [1.165, 1.54) is 27.4 Å². The monoisotopic (exact) mass is 418 g/mol. The number of benzene rings is 2. The van der Waals surface area contributed by atoms with E-state index in [1.54, 1.807) is 18.2 Å². The number of nitrogens with zero attached hydrogens (tertiary/aromatic N) is 1. The number of hydrogen-bond donors (Lipinski definition) is 1. The molecule has 3 rings (SSSR count). The third-order valence-electron chi connectivity index (χ3n) is 4.52. The van der Waals surface area contributed by atoms with E-state index in [0.717, 1.165) is 10.5 Å². The molecule has 2 amide bonds. The lowest BCUT2D eigenvalue weighted by molar-refractivity contribution is -0.118. The van der Waals surface area contributed by atoms with Gasteiger partial charge in [-0.1, -0.05) is 17.7 Å². The van der Waals surface area contributed by atoms with Gasteiger partial charge in [-0.25, -0.2) is 0 Å². The number of hydrogen-bond acceptors (Lipinski definition) is 6. The lowest BCUT2D eigenvalue weighted by Gasteiger charge is -2.19. The summed E-state index contributed by atoms with van der Waals surface area (Å²) in [7, 11) is 4.16. The Hall–Kier alpha value is -3.26. The summed E-state index contributed by atoms with van der Waals surface area (Å²) in [4.78, 5) is 38.7. The molecule has 29 heavy (non-hydrogen) atoms. The Kier molecular flexibility index (Phi) is 5.65. The molecule has 0 saturated heterocycles. The largest absolute Gasteiger partial charge is 0.493 e. The Morgan fingerprint density at radius 1 is 1.07 bits per heavy atom. The summed E-state index contributed by atoms with van der Waals surface area (Å²) in [5.74, 6) is -1.59. The average Bonchev–Trinajstić information content (AvgIpc) is 2.93. The van der Waals surface area contributed by atoms with Crippen LogP contribution in [0.3, 0.4) is 0 Å². The third kappa shape index (κ3) is 3.58. The van der Waals surface area contributed by atoms with E-state index in [9.17, 15) is 14.4 Å². The van der Waals surface area contributed by atoms with Crippen molar-refractivity contribution in [2.75, 3.05) is 38.1 Å². The van der Waals surface area contributed by atoms with Crippen LogP contribution in [0.2, 0.25) is 5.02 Å². The summed E-state index contributed by atoms with van der Waals surface area (Å²) in [5.41, 5.74) is 1.59. The Balaban J connectivity index is 1.94. The third-order valence-corrected chi connectivity index (χ3v) is 4.93. The van der Waals surface area contributed by atoms with Crippen molar-refractivity contribution in [1.82, 2.24) is 0 Å². The summed E-state index contributed by atoms with van der Waals surface area (Å²) in [5, 5.41) is 3.17. The van der Waals surface area contributed by atoms with E-state index < -0.39 is 17.6 Å². The molecule has 9 heteroatoms. The van der Waals surface area contributed by atoms with E-state index in [2.05, 4.69) is 5.32 Å². The minimum atomic E-state index is -0.842. The van der Waals surface area contributed by atoms with Gasteiger partial charge in [-0.15, -0.1) is 0 Å². The fourth-order valence-corrected chi connectivity index (χ4v) is 3.27. The van der Waals surface area contributed by atoms with E-state index in [1.807, 2.05) is 6.92 Å². The van der Waals surface area contributed by atoms with E-state index in [0.29, 0.717) is 10.7 Å². The van der Waals surface area contributed by atoms with E-state index >= 15 is 0 Å². The highest BCUT2D eigenvalue weighted by Crippen LogP contribution is 2.47. The van der Waals surface area contributed by atoms with Gasteiger partial charge in [0.05, 0.1) is 32.6 Å². The molecule has 0 aliphatic carbocycles. The molecule has 1 heterocycles. The predicted molar refractivity (Wildman–Crippen MR) is 108 cm³/mol. The second kappa shape index (κ2) is 8.00. The number of methoxy groups -OCH3 is 3. The lowest BCUT2D eigenvalue weighted by atomic mass is 10.1. The van der Waals surface area contributed by atoms with Gasteiger partial charge in [-0.05, 0) is 24.6 Å². The van der Waals surface area contributed by atoms with Crippen LogP contribution < -0.4 is 24.4 Å². The zero-order chi connectivity index (χ0) is 21.3. The van der Waals surface area contributed by atoms with Crippen LogP contribution in [0.25, 0.3) is 0 Å². The summed E-state index contributed by atoms with van der Waals surface area (Å²) >= 11 is 6.07. The first kappa shape index (κ1) is 20.5. The molecular formula is C20H19ClN2O6. The number of fused-ring (bicyclic) bond motifs is 1. The molecule has 2 aromatic carbocycles. The number of ketones is 1. The van der Waals surface area contributed by atoms with Crippen molar-refractivity contribution < 1.29 is 28.6 Å². The van der Waals surface area contributed by atoms with Crippen molar-refractivity contribution in [3.63, 3.8) is 0 Å². The van der Waals surface area contributed by atoms with Gasteiger partial charge in [-0.3, -0.25) is 19.3 Å². The number of halogens is 1. The van der Waals surface area contributed by atoms with Crippen LogP contribution in [0.5, 0.6) is 17.2 Å². The van der Waals surface area contributed by atoms with Crippen molar-refractivity contribution >= 4 is 40.6 Å². The van der Waals surface area contributed by atoms with Crippen LogP contribution >= 0.6 is 11.6 Å². The lowest BCUT2D eigenvalue weighted by Crippen LogP contribution is -2.37. The van der Waals surface area contributed by atoms with Gasteiger partial charge >= 0.3 is 0 Å². The first-order valence-corrected chi connectivity index (χ1v) is 8.95. The van der Waals surface area contributed by atoms with Crippen molar-refractivity contribution in [1.29, 1.82) is 0 Å². The van der Waals surface area contributed by atoms with Crippen molar-refractivity contribution in [3.8, 4) is 17.2 Å². The molecule has 0 radical (unpaired) electrons. The number of anilines is 2. The summed E-state index contributed by atoms with van der Waals surface area (Å²) in [6.07, 6.45) is 0. The molecule has 0 bridgehead atoms. The second-order valence-corrected chi connectivity index (χ2v) is 6.68. The molecule has 1 N–H and O–H groups in total. The fourth-order valence-electron chi connectivity index (χ4n) is 3.09. The van der Waals surface area contributed by atoms with Gasteiger partial charge in [0.1, 0.15) is 6.54 Å². The minimum absolute atomic E-state index is 0.0290. The smallest absolute Gasteiger partial charge is 0.300 e. The predicted octanol–water partition coefficient (Wildman–Crippen LogP) is 2.84. The first-order chi connectivity index (χ1) is 13.8. The van der Waals surface area contributed by atoms with Crippen molar-refractivity contribution in [3.05, 3.63) is 40.4 Å². The van der Waals surface area contributed by atoms with Gasteiger partial charge in [0.2, 0.25) is 11.7 Å². The van der Waals surface area contributed by atoms with Crippen molar-refractivity contribution in [2.24, 2.45) is 0 Å². The molecule has 0 atom stereocenters. The minimum Gasteiger partial charge on any atom is -0.493 e. The Morgan fingerprint density at radius 2 is 1.76 bits per heavy atom. The Bertz CT molecular complexity index is 1020. The molecule has 8 nitrogen and oxygen atoms in total. The molecule has 0 unspecified atom stereocenters. The van der Waals surface area contributed by atoms with Gasteiger partial charge in [0.25, 0.3) is 11.7 Å². The number of carbonyl (C=O) groups is 3. The van der Waals surface area contributed by atoms with Gasteiger partial charge in [0.15, 0.2) is 11.5 Å². The van der Waals surface area contributed by atoms with Crippen LogP contribution in [-0.2, 0) is 9.59 Å². The van der Waals surface area contributed by atoms with E-state index in [4.69, 9.17) is 25.8 Å². The maximum absolute atomic E-state index is 12.6. The molecule has 0 saturated carbocycles. The van der Waals surface area contributed by atoms with Crippen LogP contribution in [0.1, 0.15) is 15.9 Å². The maximum atomic E-state index is 12.6. The van der Waals surface area contributed by atoms with Crippen LogP contribution in [-0.4, -0.2) is 45.5 Å².